The fourth-order valence-electron chi connectivity index (χ4n) is 3.27. The van der Waals surface area contributed by atoms with Gasteiger partial charge in [0.05, 0.1) is 5.56 Å². The van der Waals surface area contributed by atoms with E-state index in [4.69, 9.17) is 0 Å². The smallest absolute Gasteiger partial charge is 0.256 e. The maximum Gasteiger partial charge on any atom is 0.256 e. The predicted molar refractivity (Wildman–Crippen MR) is 113 cm³/mol. The second kappa shape index (κ2) is 10.1. The number of rotatable bonds is 6. The summed E-state index contributed by atoms with van der Waals surface area (Å²) in [6.45, 7) is 2.06. The average Bonchev–Trinajstić information content (AvgIpc) is 2.76. The van der Waals surface area contributed by atoms with Crippen LogP contribution < -0.4 is 5.32 Å². The van der Waals surface area contributed by atoms with Gasteiger partial charge in [-0.25, -0.2) is 4.98 Å². The van der Waals surface area contributed by atoms with Gasteiger partial charge in [-0.15, -0.1) is 11.8 Å². The van der Waals surface area contributed by atoms with Gasteiger partial charge in [0.2, 0.25) is 5.91 Å². The van der Waals surface area contributed by atoms with Gasteiger partial charge in [-0.2, -0.15) is 0 Å². The lowest BCUT2D eigenvalue weighted by molar-refractivity contribution is -0.116. The highest BCUT2D eigenvalue weighted by Gasteiger charge is 2.25. The van der Waals surface area contributed by atoms with Gasteiger partial charge in [0.1, 0.15) is 5.03 Å². The van der Waals surface area contributed by atoms with Crippen LogP contribution in [0, 0.1) is 5.92 Å². The van der Waals surface area contributed by atoms with E-state index >= 15 is 0 Å². The Bertz CT molecular complexity index is 831. The van der Waals surface area contributed by atoms with Gasteiger partial charge in [-0.05, 0) is 48.8 Å². The molecule has 1 aliphatic heterocycles. The Morgan fingerprint density at radius 1 is 1.18 bits per heavy atom. The summed E-state index contributed by atoms with van der Waals surface area (Å²) in [6.07, 6.45) is 8.81. The van der Waals surface area contributed by atoms with Crippen molar-refractivity contribution in [2.45, 2.75) is 17.9 Å². The summed E-state index contributed by atoms with van der Waals surface area (Å²) in [7, 11) is 0. The summed E-state index contributed by atoms with van der Waals surface area (Å²) >= 11 is 1.49. The molecule has 1 aromatic carbocycles. The fraction of sp³-hybridized carbons (Fsp3) is 0.318. The van der Waals surface area contributed by atoms with Crippen LogP contribution in [0.15, 0.2) is 59.8 Å². The molecule has 3 rings (SSSR count). The van der Waals surface area contributed by atoms with E-state index in [0.717, 1.165) is 23.4 Å². The molecular weight excluding hydrogens is 370 g/mol. The number of piperidine rings is 1. The Labute approximate surface area is 170 Å². The monoisotopic (exact) mass is 395 g/mol. The van der Waals surface area contributed by atoms with Crippen LogP contribution >= 0.6 is 11.8 Å². The number of likely N-dealkylation sites (tertiary alicyclic amines) is 1. The minimum Gasteiger partial charge on any atom is -0.352 e. The van der Waals surface area contributed by atoms with E-state index in [9.17, 15) is 9.59 Å². The van der Waals surface area contributed by atoms with Gasteiger partial charge in [-0.1, -0.05) is 30.3 Å². The number of thioether (sulfide) groups is 1. The van der Waals surface area contributed by atoms with Gasteiger partial charge in [-0.3, -0.25) is 9.59 Å². The number of hydrogen-bond acceptors (Lipinski definition) is 4. The number of pyridine rings is 1. The molecule has 0 aliphatic carbocycles. The first-order valence-corrected chi connectivity index (χ1v) is 10.7. The van der Waals surface area contributed by atoms with E-state index in [-0.39, 0.29) is 11.8 Å². The third-order valence-corrected chi connectivity index (χ3v) is 5.60. The summed E-state index contributed by atoms with van der Waals surface area (Å²) in [4.78, 5) is 31.0. The zero-order valence-electron chi connectivity index (χ0n) is 16.0. The number of benzene rings is 1. The molecule has 1 fully saturated rings. The molecule has 0 spiro atoms. The van der Waals surface area contributed by atoms with E-state index in [1.165, 1.54) is 11.8 Å². The summed E-state index contributed by atoms with van der Waals surface area (Å²) in [5, 5.41) is 3.74. The molecule has 0 saturated carbocycles. The van der Waals surface area contributed by atoms with Crippen molar-refractivity contribution >= 4 is 29.7 Å². The quantitative estimate of drug-likeness (QED) is 0.601. The molecule has 0 bridgehead atoms. The van der Waals surface area contributed by atoms with E-state index in [0.29, 0.717) is 31.1 Å². The summed E-state index contributed by atoms with van der Waals surface area (Å²) in [5.41, 5.74) is 1.68. The predicted octanol–water partition coefficient (Wildman–Crippen LogP) is 3.49. The topological polar surface area (TPSA) is 62.3 Å². The second-order valence-electron chi connectivity index (χ2n) is 6.78. The van der Waals surface area contributed by atoms with Crippen molar-refractivity contribution in [1.29, 1.82) is 0 Å². The van der Waals surface area contributed by atoms with Crippen molar-refractivity contribution < 1.29 is 9.59 Å². The molecule has 0 atom stereocenters. The lowest BCUT2D eigenvalue weighted by Gasteiger charge is -2.32. The molecule has 1 saturated heterocycles. The Balaban J connectivity index is 1.44. The zero-order chi connectivity index (χ0) is 19.8. The third-order valence-electron chi connectivity index (χ3n) is 4.89. The Kier molecular flexibility index (Phi) is 7.25. The molecule has 2 aromatic rings. The number of carbonyl (C=O) groups excluding carboxylic acids is 2. The largest absolute Gasteiger partial charge is 0.352 e. The SMILES string of the molecule is CSc1ncccc1C(=O)N1CCC(CNC(=O)C=Cc2ccccc2)CC1. The highest BCUT2D eigenvalue weighted by atomic mass is 32.2. The number of carbonyl (C=O) groups is 2. The Morgan fingerprint density at radius 2 is 1.93 bits per heavy atom. The van der Waals surface area contributed by atoms with Crippen LogP contribution in [0.2, 0.25) is 0 Å². The van der Waals surface area contributed by atoms with Crippen LogP contribution in [0.25, 0.3) is 6.08 Å². The van der Waals surface area contributed by atoms with Gasteiger partial charge in [0.25, 0.3) is 5.91 Å². The van der Waals surface area contributed by atoms with E-state index in [1.54, 1.807) is 18.3 Å². The number of hydrogen-bond donors (Lipinski definition) is 1. The molecule has 0 unspecified atom stereocenters. The van der Waals surface area contributed by atoms with E-state index in [1.807, 2.05) is 53.6 Å². The van der Waals surface area contributed by atoms with Crippen LogP contribution in [0.4, 0.5) is 0 Å². The van der Waals surface area contributed by atoms with Crippen molar-refractivity contribution in [2.24, 2.45) is 5.92 Å². The van der Waals surface area contributed by atoms with Crippen LogP contribution in [0.1, 0.15) is 28.8 Å². The maximum atomic E-state index is 12.8. The molecule has 1 aromatic heterocycles. The molecule has 146 valence electrons. The second-order valence-corrected chi connectivity index (χ2v) is 7.58. The number of nitrogens with one attached hydrogen (secondary N) is 1. The first kappa shape index (κ1) is 20.1. The highest BCUT2D eigenvalue weighted by molar-refractivity contribution is 7.98. The molecule has 6 heteroatoms. The first-order chi connectivity index (χ1) is 13.7. The van der Waals surface area contributed by atoms with Crippen LogP contribution in [0.3, 0.4) is 0 Å². The molecule has 1 aliphatic rings. The van der Waals surface area contributed by atoms with Crippen molar-refractivity contribution in [1.82, 2.24) is 15.2 Å². The van der Waals surface area contributed by atoms with Crippen molar-refractivity contribution in [3.05, 3.63) is 65.9 Å². The van der Waals surface area contributed by atoms with Gasteiger partial charge in [0.15, 0.2) is 0 Å². The summed E-state index contributed by atoms with van der Waals surface area (Å²) in [6, 6.07) is 13.4. The minimum atomic E-state index is -0.0812. The minimum absolute atomic E-state index is 0.0470. The Morgan fingerprint density at radius 3 is 2.64 bits per heavy atom. The van der Waals surface area contributed by atoms with Crippen molar-refractivity contribution in [2.75, 3.05) is 25.9 Å². The van der Waals surface area contributed by atoms with E-state index < -0.39 is 0 Å². The molecule has 28 heavy (non-hydrogen) atoms. The molecule has 1 N–H and O–H groups in total. The van der Waals surface area contributed by atoms with Crippen molar-refractivity contribution in [3.63, 3.8) is 0 Å². The van der Waals surface area contributed by atoms with Crippen LogP contribution in [-0.2, 0) is 4.79 Å². The van der Waals surface area contributed by atoms with Gasteiger partial charge >= 0.3 is 0 Å². The summed E-state index contributed by atoms with van der Waals surface area (Å²) < 4.78 is 0. The standard InChI is InChI=1S/C22H25N3O2S/c1-28-21-19(8-5-13-23-21)22(27)25-14-11-18(12-15-25)16-24-20(26)10-9-17-6-3-2-4-7-17/h2-10,13,18H,11-12,14-16H2,1H3,(H,24,26). The third kappa shape index (κ3) is 5.45. The zero-order valence-corrected chi connectivity index (χ0v) is 16.8. The number of nitrogens with zero attached hydrogens (tertiary/aromatic N) is 2. The molecule has 0 radical (unpaired) electrons. The average molecular weight is 396 g/mol. The number of aromatic nitrogens is 1. The molecule has 2 amide bonds. The van der Waals surface area contributed by atoms with Gasteiger partial charge < -0.3 is 10.2 Å². The maximum absolute atomic E-state index is 12.8. The normalized spacial score (nSPS) is 15.0. The lowest BCUT2D eigenvalue weighted by Crippen LogP contribution is -2.41. The summed E-state index contributed by atoms with van der Waals surface area (Å²) in [5.74, 6) is 0.361. The molecule has 5 nitrogen and oxygen atoms in total. The fourth-order valence-corrected chi connectivity index (χ4v) is 3.81. The Hall–Kier alpha value is -2.60. The van der Waals surface area contributed by atoms with E-state index in [2.05, 4.69) is 10.3 Å². The molecular formula is C22H25N3O2S. The van der Waals surface area contributed by atoms with Crippen LogP contribution in [-0.4, -0.2) is 47.6 Å². The number of amides is 2. The lowest BCUT2D eigenvalue weighted by atomic mass is 9.96. The van der Waals surface area contributed by atoms with Crippen molar-refractivity contribution in [3.8, 4) is 0 Å². The molecule has 2 heterocycles. The van der Waals surface area contributed by atoms with Crippen LogP contribution in [0.5, 0.6) is 0 Å². The van der Waals surface area contributed by atoms with Gasteiger partial charge in [0, 0.05) is 31.9 Å². The first-order valence-electron chi connectivity index (χ1n) is 9.46. The highest BCUT2D eigenvalue weighted by Crippen LogP contribution is 2.22.